The Morgan fingerprint density at radius 1 is 1.35 bits per heavy atom. The molecule has 0 amide bonds. The highest BCUT2D eigenvalue weighted by Crippen LogP contribution is 2.22. The fourth-order valence-corrected chi connectivity index (χ4v) is 3.65. The van der Waals surface area contributed by atoms with Crippen molar-refractivity contribution < 1.29 is 13.2 Å². The second-order valence-electron chi connectivity index (χ2n) is 5.38. The van der Waals surface area contributed by atoms with Crippen molar-refractivity contribution in [3.8, 4) is 0 Å². The van der Waals surface area contributed by atoms with Gasteiger partial charge in [-0.15, -0.1) is 0 Å². The average molecular weight is 298 g/mol. The maximum atomic E-state index is 12.3. The SMILES string of the molecule is CC(C)NS(=O)(=O)c1ccccc1NCC1CCOC1. The highest BCUT2D eigenvalue weighted by atomic mass is 32.2. The molecule has 1 fully saturated rings. The molecule has 0 bridgehead atoms. The molecule has 2 N–H and O–H groups in total. The zero-order valence-electron chi connectivity index (χ0n) is 11.9. The first kappa shape index (κ1) is 15.3. The van der Waals surface area contributed by atoms with Crippen LogP contribution < -0.4 is 10.0 Å². The molecule has 1 heterocycles. The van der Waals surface area contributed by atoms with Gasteiger partial charge in [0.25, 0.3) is 0 Å². The molecule has 0 spiro atoms. The lowest BCUT2D eigenvalue weighted by molar-refractivity contribution is 0.187. The topological polar surface area (TPSA) is 67.4 Å². The second kappa shape index (κ2) is 6.56. The largest absolute Gasteiger partial charge is 0.384 e. The van der Waals surface area contributed by atoms with E-state index in [-0.39, 0.29) is 6.04 Å². The molecule has 5 nitrogen and oxygen atoms in total. The highest BCUT2D eigenvalue weighted by Gasteiger charge is 2.20. The maximum absolute atomic E-state index is 12.3. The van der Waals surface area contributed by atoms with Gasteiger partial charge in [-0.05, 0) is 32.4 Å². The van der Waals surface area contributed by atoms with E-state index in [1.807, 2.05) is 19.9 Å². The van der Waals surface area contributed by atoms with Crippen LogP contribution in [0.15, 0.2) is 29.2 Å². The Balaban J connectivity index is 2.13. The summed E-state index contributed by atoms with van der Waals surface area (Å²) in [4.78, 5) is 0.299. The Bertz CT molecular complexity index is 537. The highest BCUT2D eigenvalue weighted by molar-refractivity contribution is 7.89. The number of para-hydroxylation sites is 1. The van der Waals surface area contributed by atoms with Crippen molar-refractivity contribution >= 4 is 15.7 Å². The van der Waals surface area contributed by atoms with Gasteiger partial charge >= 0.3 is 0 Å². The normalized spacial score (nSPS) is 19.4. The number of anilines is 1. The minimum Gasteiger partial charge on any atom is -0.384 e. The number of rotatable bonds is 6. The van der Waals surface area contributed by atoms with E-state index in [4.69, 9.17) is 4.74 Å². The third-order valence-corrected chi connectivity index (χ3v) is 4.89. The van der Waals surface area contributed by atoms with Crippen LogP contribution in [0.4, 0.5) is 5.69 Å². The van der Waals surface area contributed by atoms with Gasteiger partial charge in [-0.3, -0.25) is 0 Å². The van der Waals surface area contributed by atoms with Crippen LogP contribution in [-0.4, -0.2) is 34.2 Å². The van der Waals surface area contributed by atoms with Crippen LogP contribution in [0, 0.1) is 5.92 Å². The van der Waals surface area contributed by atoms with Crippen molar-refractivity contribution in [2.45, 2.75) is 31.2 Å². The summed E-state index contributed by atoms with van der Waals surface area (Å²) >= 11 is 0. The fraction of sp³-hybridized carbons (Fsp3) is 0.571. The number of sulfonamides is 1. The molecule has 1 atom stereocenters. The third kappa shape index (κ3) is 3.94. The summed E-state index contributed by atoms with van der Waals surface area (Å²) in [6.45, 7) is 5.88. The van der Waals surface area contributed by atoms with Crippen LogP contribution >= 0.6 is 0 Å². The van der Waals surface area contributed by atoms with Crippen LogP contribution in [0.2, 0.25) is 0 Å². The van der Waals surface area contributed by atoms with Crippen LogP contribution in [0.3, 0.4) is 0 Å². The van der Waals surface area contributed by atoms with Crippen molar-refractivity contribution in [1.29, 1.82) is 0 Å². The van der Waals surface area contributed by atoms with Crippen molar-refractivity contribution in [1.82, 2.24) is 4.72 Å². The first-order valence-electron chi connectivity index (χ1n) is 6.92. The zero-order chi connectivity index (χ0) is 14.6. The van der Waals surface area contributed by atoms with Crippen LogP contribution in [0.5, 0.6) is 0 Å². The molecular weight excluding hydrogens is 276 g/mol. The lowest BCUT2D eigenvalue weighted by Gasteiger charge is -2.16. The van der Waals surface area contributed by atoms with E-state index >= 15 is 0 Å². The smallest absolute Gasteiger partial charge is 0.242 e. The van der Waals surface area contributed by atoms with Crippen molar-refractivity contribution in [3.05, 3.63) is 24.3 Å². The molecule has 0 aliphatic carbocycles. The molecule has 1 aliphatic heterocycles. The quantitative estimate of drug-likeness (QED) is 0.840. The molecule has 0 aromatic heterocycles. The summed E-state index contributed by atoms with van der Waals surface area (Å²) in [6, 6.07) is 6.86. The third-order valence-electron chi connectivity index (χ3n) is 3.17. The molecule has 1 aromatic rings. The van der Waals surface area contributed by atoms with Gasteiger partial charge in [0.15, 0.2) is 0 Å². The van der Waals surface area contributed by atoms with Gasteiger partial charge in [-0.2, -0.15) is 0 Å². The van der Waals surface area contributed by atoms with E-state index in [9.17, 15) is 8.42 Å². The summed E-state index contributed by atoms with van der Waals surface area (Å²) in [5, 5.41) is 3.24. The summed E-state index contributed by atoms with van der Waals surface area (Å²) in [5.41, 5.74) is 0.646. The van der Waals surface area contributed by atoms with E-state index in [0.29, 0.717) is 16.5 Å². The van der Waals surface area contributed by atoms with Gasteiger partial charge in [-0.25, -0.2) is 13.1 Å². The average Bonchev–Trinajstić information content (AvgIpc) is 2.88. The van der Waals surface area contributed by atoms with E-state index in [0.717, 1.165) is 26.2 Å². The lowest BCUT2D eigenvalue weighted by atomic mass is 10.1. The Morgan fingerprint density at radius 2 is 2.10 bits per heavy atom. The molecule has 0 saturated carbocycles. The number of ether oxygens (including phenoxy) is 1. The number of benzene rings is 1. The van der Waals surface area contributed by atoms with E-state index in [1.165, 1.54) is 0 Å². The minimum absolute atomic E-state index is 0.128. The molecular formula is C14H22N2O3S. The predicted molar refractivity (Wildman–Crippen MR) is 79.3 cm³/mol. The summed E-state index contributed by atoms with van der Waals surface area (Å²) in [5.74, 6) is 0.448. The number of hydrogen-bond acceptors (Lipinski definition) is 4. The first-order valence-corrected chi connectivity index (χ1v) is 8.40. The molecule has 2 rings (SSSR count). The van der Waals surface area contributed by atoms with Gasteiger partial charge < -0.3 is 10.1 Å². The van der Waals surface area contributed by atoms with Crippen molar-refractivity contribution in [3.63, 3.8) is 0 Å². The van der Waals surface area contributed by atoms with E-state index in [2.05, 4.69) is 10.0 Å². The Kier molecular flexibility index (Phi) is 5.01. The zero-order valence-corrected chi connectivity index (χ0v) is 12.7. The molecule has 6 heteroatoms. The summed E-state index contributed by atoms with van der Waals surface area (Å²) in [7, 11) is -3.48. The second-order valence-corrected chi connectivity index (χ2v) is 7.07. The molecule has 1 aromatic carbocycles. The first-order chi connectivity index (χ1) is 9.49. The van der Waals surface area contributed by atoms with Crippen LogP contribution in [0.25, 0.3) is 0 Å². The standard InChI is InChI=1S/C14H22N2O3S/c1-11(2)16-20(17,18)14-6-4-3-5-13(14)15-9-12-7-8-19-10-12/h3-6,11-12,15-16H,7-10H2,1-2H3. The van der Waals surface area contributed by atoms with Crippen LogP contribution in [0.1, 0.15) is 20.3 Å². The van der Waals surface area contributed by atoms with Crippen molar-refractivity contribution in [2.24, 2.45) is 5.92 Å². The summed E-state index contributed by atoms with van der Waals surface area (Å²) in [6.07, 6.45) is 1.02. The molecule has 0 radical (unpaired) electrons. The Hall–Kier alpha value is -1.11. The van der Waals surface area contributed by atoms with Crippen LogP contribution in [-0.2, 0) is 14.8 Å². The van der Waals surface area contributed by atoms with E-state index in [1.54, 1.807) is 18.2 Å². The predicted octanol–water partition coefficient (Wildman–Crippen LogP) is 1.82. The Labute approximate surface area is 120 Å². The number of nitrogens with one attached hydrogen (secondary N) is 2. The summed E-state index contributed by atoms with van der Waals surface area (Å²) < 4.78 is 32.5. The molecule has 1 aliphatic rings. The Morgan fingerprint density at radius 3 is 2.75 bits per heavy atom. The maximum Gasteiger partial charge on any atom is 0.242 e. The van der Waals surface area contributed by atoms with Gasteiger partial charge in [-0.1, -0.05) is 12.1 Å². The lowest BCUT2D eigenvalue weighted by Crippen LogP contribution is -2.31. The molecule has 1 unspecified atom stereocenters. The van der Waals surface area contributed by atoms with Gasteiger partial charge in [0, 0.05) is 25.1 Å². The monoisotopic (exact) mass is 298 g/mol. The fourth-order valence-electron chi connectivity index (χ4n) is 2.22. The minimum atomic E-state index is -3.48. The molecule has 20 heavy (non-hydrogen) atoms. The number of hydrogen-bond donors (Lipinski definition) is 2. The van der Waals surface area contributed by atoms with Crippen molar-refractivity contribution in [2.75, 3.05) is 25.1 Å². The molecule has 1 saturated heterocycles. The van der Waals surface area contributed by atoms with Gasteiger partial charge in [0.2, 0.25) is 10.0 Å². The molecule has 112 valence electrons. The van der Waals surface area contributed by atoms with E-state index < -0.39 is 10.0 Å². The van der Waals surface area contributed by atoms with Gasteiger partial charge in [0.05, 0.1) is 12.3 Å². The van der Waals surface area contributed by atoms with Gasteiger partial charge in [0.1, 0.15) is 4.90 Å².